The topological polar surface area (TPSA) is 66.5 Å². The molecular formula is C24H23ClN2O3S. The minimum absolute atomic E-state index is 0.154. The highest BCUT2D eigenvalue weighted by Crippen LogP contribution is 2.29. The van der Waals surface area contributed by atoms with Crippen molar-refractivity contribution in [3.05, 3.63) is 100 Å². The maximum Gasteiger partial charge on any atom is 0.244 e. The van der Waals surface area contributed by atoms with E-state index in [0.717, 1.165) is 22.3 Å². The fraction of sp³-hybridized carbons (Fsp3) is 0.208. The van der Waals surface area contributed by atoms with Gasteiger partial charge >= 0.3 is 0 Å². The van der Waals surface area contributed by atoms with Crippen LogP contribution in [0.1, 0.15) is 22.3 Å². The Morgan fingerprint density at radius 1 is 1.03 bits per heavy atom. The van der Waals surface area contributed by atoms with Gasteiger partial charge in [-0.05, 0) is 54.3 Å². The Bertz CT molecular complexity index is 1210. The number of sulfonamides is 1. The lowest BCUT2D eigenvalue weighted by molar-refractivity contribution is -0.125. The molecule has 1 aliphatic rings. The lowest BCUT2D eigenvalue weighted by Gasteiger charge is -2.35. The van der Waals surface area contributed by atoms with E-state index in [2.05, 4.69) is 5.32 Å². The van der Waals surface area contributed by atoms with E-state index in [0.29, 0.717) is 11.4 Å². The Balaban J connectivity index is 1.64. The van der Waals surface area contributed by atoms with Crippen molar-refractivity contribution in [2.45, 2.75) is 37.4 Å². The van der Waals surface area contributed by atoms with E-state index in [-0.39, 0.29) is 23.9 Å². The van der Waals surface area contributed by atoms with E-state index in [1.54, 1.807) is 36.4 Å². The summed E-state index contributed by atoms with van der Waals surface area (Å²) in [5.41, 5.74) is 3.72. The van der Waals surface area contributed by atoms with E-state index in [9.17, 15) is 13.2 Å². The molecule has 3 aromatic rings. The van der Waals surface area contributed by atoms with Crippen molar-refractivity contribution in [1.82, 2.24) is 9.62 Å². The van der Waals surface area contributed by atoms with Gasteiger partial charge in [0.15, 0.2) is 0 Å². The first-order valence-corrected chi connectivity index (χ1v) is 11.8. The number of carbonyl (C=O) groups is 1. The molecule has 0 saturated carbocycles. The van der Waals surface area contributed by atoms with Crippen molar-refractivity contribution in [3.63, 3.8) is 0 Å². The maximum atomic E-state index is 13.5. The Kier molecular flexibility index (Phi) is 6.14. The minimum Gasteiger partial charge on any atom is -0.351 e. The van der Waals surface area contributed by atoms with Crippen molar-refractivity contribution >= 4 is 27.5 Å². The third kappa shape index (κ3) is 4.66. The number of hydrogen-bond donors (Lipinski definition) is 1. The third-order valence-electron chi connectivity index (χ3n) is 5.49. The zero-order valence-electron chi connectivity index (χ0n) is 17.1. The number of fused-ring (bicyclic) bond motifs is 1. The summed E-state index contributed by atoms with van der Waals surface area (Å²) >= 11 is 6.03. The van der Waals surface area contributed by atoms with Crippen LogP contribution in [-0.4, -0.2) is 24.7 Å². The average Bonchev–Trinajstić information content (AvgIpc) is 2.77. The molecule has 1 unspecified atom stereocenters. The van der Waals surface area contributed by atoms with Gasteiger partial charge in [-0.1, -0.05) is 65.7 Å². The lowest BCUT2D eigenvalue weighted by Crippen LogP contribution is -2.52. The molecule has 0 aromatic heterocycles. The zero-order chi connectivity index (χ0) is 22.0. The van der Waals surface area contributed by atoms with Crippen LogP contribution in [0.2, 0.25) is 5.02 Å². The lowest BCUT2D eigenvalue weighted by atomic mass is 9.95. The molecule has 31 heavy (non-hydrogen) atoms. The molecule has 1 atom stereocenters. The number of rotatable bonds is 5. The molecule has 1 aliphatic heterocycles. The molecule has 0 spiro atoms. The molecule has 160 valence electrons. The second-order valence-electron chi connectivity index (χ2n) is 7.70. The Morgan fingerprint density at radius 2 is 1.74 bits per heavy atom. The zero-order valence-corrected chi connectivity index (χ0v) is 18.7. The van der Waals surface area contributed by atoms with E-state index in [1.165, 1.54) is 4.31 Å². The van der Waals surface area contributed by atoms with Crippen LogP contribution in [0, 0.1) is 6.92 Å². The van der Waals surface area contributed by atoms with Crippen molar-refractivity contribution < 1.29 is 13.2 Å². The van der Waals surface area contributed by atoms with Crippen LogP contribution in [0.3, 0.4) is 0 Å². The molecule has 7 heteroatoms. The van der Waals surface area contributed by atoms with Crippen molar-refractivity contribution in [2.75, 3.05) is 0 Å². The number of carbonyl (C=O) groups excluding carboxylic acids is 1. The number of nitrogens with zero attached hydrogens (tertiary/aromatic N) is 1. The minimum atomic E-state index is -3.85. The van der Waals surface area contributed by atoms with E-state index in [4.69, 9.17) is 11.6 Å². The van der Waals surface area contributed by atoms with Crippen molar-refractivity contribution in [3.8, 4) is 0 Å². The summed E-state index contributed by atoms with van der Waals surface area (Å²) in [5, 5.41) is 3.47. The smallest absolute Gasteiger partial charge is 0.244 e. The number of aryl methyl sites for hydroxylation is 1. The standard InChI is InChI=1S/C24H23ClN2O3S/c1-17-9-11-22(12-10-17)31(29,30)27-16-20-7-3-2-6-19(20)14-23(27)24(28)26-15-18-5-4-8-21(25)13-18/h2-13,23H,14-16H2,1H3,(H,26,28). The summed E-state index contributed by atoms with van der Waals surface area (Å²) in [6, 6.07) is 20.7. The Morgan fingerprint density at radius 3 is 2.45 bits per heavy atom. The molecule has 0 saturated heterocycles. The van der Waals surface area contributed by atoms with Gasteiger partial charge in [0.2, 0.25) is 15.9 Å². The SMILES string of the molecule is Cc1ccc(S(=O)(=O)N2Cc3ccccc3CC2C(=O)NCc2cccc(Cl)c2)cc1. The summed E-state index contributed by atoms with van der Waals surface area (Å²) in [6.45, 7) is 2.33. The van der Waals surface area contributed by atoms with Gasteiger partial charge in [-0.2, -0.15) is 4.31 Å². The molecule has 4 rings (SSSR count). The van der Waals surface area contributed by atoms with E-state index in [1.807, 2.05) is 43.3 Å². The van der Waals surface area contributed by atoms with Gasteiger partial charge < -0.3 is 5.32 Å². The van der Waals surface area contributed by atoms with Gasteiger partial charge in [-0.3, -0.25) is 4.79 Å². The maximum absolute atomic E-state index is 13.5. The van der Waals surface area contributed by atoms with Gasteiger partial charge in [-0.25, -0.2) is 8.42 Å². The van der Waals surface area contributed by atoms with Crippen molar-refractivity contribution in [1.29, 1.82) is 0 Å². The molecule has 3 aromatic carbocycles. The summed E-state index contributed by atoms with van der Waals surface area (Å²) < 4.78 is 28.3. The Labute approximate surface area is 187 Å². The molecule has 0 fully saturated rings. The van der Waals surface area contributed by atoms with Crippen molar-refractivity contribution in [2.24, 2.45) is 0 Å². The predicted molar refractivity (Wildman–Crippen MR) is 121 cm³/mol. The second-order valence-corrected chi connectivity index (χ2v) is 10.0. The third-order valence-corrected chi connectivity index (χ3v) is 7.60. The van der Waals surface area contributed by atoms with Crippen LogP contribution in [0.4, 0.5) is 0 Å². The Hall–Kier alpha value is -2.67. The molecule has 0 bridgehead atoms. The van der Waals surface area contributed by atoms with Gasteiger partial charge in [-0.15, -0.1) is 0 Å². The van der Waals surface area contributed by atoms with E-state index < -0.39 is 16.1 Å². The summed E-state index contributed by atoms with van der Waals surface area (Å²) in [6.07, 6.45) is 0.322. The van der Waals surface area contributed by atoms with Crippen LogP contribution in [0.5, 0.6) is 0 Å². The summed E-state index contributed by atoms with van der Waals surface area (Å²) in [5.74, 6) is -0.329. The van der Waals surface area contributed by atoms with Crippen LogP contribution >= 0.6 is 11.6 Å². The highest BCUT2D eigenvalue weighted by molar-refractivity contribution is 7.89. The molecule has 0 radical (unpaired) electrons. The summed E-state index contributed by atoms with van der Waals surface area (Å²) in [7, 11) is -3.85. The number of halogens is 1. The first-order valence-electron chi connectivity index (χ1n) is 10.0. The largest absolute Gasteiger partial charge is 0.351 e. The number of benzene rings is 3. The normalized spacial score (nSPS) is 16.5. The highest BCUT2D eigenvalue weighted by atomic mass is 35.5. The molecular weight excluding hydrogens is 432 g/mol. The quantitative estimate of drug-likeness (QED) is 0.631. The number of nitrogens with one attached hydrogen (secondary N) is 1. The van der Waals surface area contributed by atoms with Gasteiger partial charge in [0.1, 0.15) is 6.04 Å². The molecule has 0 aliphatic carbocycles. The molecule has 1 N–H and O–H groups in total. The number of amides is 1. The summed E-state index contributed by atoms with van der Waals surface area (Å²) in [4.78, 5) is 13.3. The first kappa shape index (κ1) is 21.6. The first-order chi connectivity index (χ1) is 14.8. The fourth-order valence-corrected chi connectivity index (χ4v) is 5.55. The fourth-order valence-electron chi connectivity index (χ4n) is 3.77. The van der Waals surface area contributed by atoms with Gasteiger partial charge in [0.05, 0.1) is 4.90 Å². The predicted octanol–water partition coefficient (Wildman–Crippen LogP) is 4.08. The molecule has 1 heterocycles. The van der Waals surface area contributed by atoms with Crippen LogP contribution in [0.15, 0.2) is 77.7 Å². The molecule has 5 nitrogen and oxygen atoms in total. The van der Waals surface area contributed by atoms with Crippen LogP contribution in [0.25, 0.3) is 0 Å². The monoisotopic (exact) mass is 454 g/mol. The van der Waals surface area contributed by atoms with E-state index >= 15 is 0 Å². The van der Waals surface area contributed by atoms with Crippen LogP contribution in [-0.2, 0) is 34.3 Å². The second kappa shape index (κ2) is 8.83. The average molecular weight is 455 g/mol. The highest BCUT2D eigenvalue weighted by Gasteiger charge is 2.39. The van der Waals surface area contributed by atoms with Crippen LogP contribution < -0.4 is 5.32 Å². The van der Waals surface area contributed by atoms with Gasteiger partial charge in [0, 0.05) is 18.1 Å². The number of hydrogen-bond acceptors (Lipinski definition) is 3. The van der Waals surface area contributed by atoms with Gasteiger partial charge in [0.25, 0.3) is 0 Å². The molecule has 1 amide bonds.